The van der Waals surface area contributed by atoms with Crippen LogP contribution < -0.4 is 19.6 Å². The second-order valence-corrected chi connectivity index (χ2v) is 7.46. The molecule has 0 unspecified atom stereocenters. The Morgan fingerprint density at radius 3 is 2.53 bits per heavy atom. The summed E-state index contributed by atoms with van der Waals surface area (Å²) in [6.45, 7) is 2.76. The van der Waals surface area contributed by atoms with Crippen molar-refractivity contribution >= 4 is 22.9 Å². The summed E-state index contributed by atoms with van der Waals surface area (Å²) in [6, 6.07) is 26.9. The van der Waals surface area contributed by atoms with E-state index in [-0.39, 0.29) is 5.91 Å². The first kappa shape index (κ1) is 22.9. The first-order chi connectivity index (χ1) is 16.7. The number of carbonyl (C=O) groups excluding carboxylic acids is 1. The molecular formula is C28H26N2O4. The van der Waals surface area contributed by atoms with Gasteiger partial charge >= 0.3 is 0 Å². The molecule has 0 aromatic heterocycles. The Bertz CT molecular complexity index is 1310. The average Bonchev–Trinajstić information content (AvgIpc) is 2.88. The van der Waals surface area contributed by atoms with E-state index in [1.165, 1.54) is 5.39 Å². The van der Waals surface area contributed by atoms with E-state index in [2.05, 4.69) is 34.8 Å². The van der Waals surface area contributed by atoms with Crippen LogP contribution in [-0.4, -0.2) is 25.8 Å². The van der Waals surface area contributed by atoms with Gasteiger partial charge in [0.1, 0.15) is 12.4 Å². The van der Waals surface area contributed by atoms with E-state index in [0.29, 0.717) is 36.0 Å². The van der Waals surface area contributed by atoms with Crippen molar-refractivity contribution in [2.75, 3.05) is 13.7 Å². The highest BCUT2D eigenvalue weighted by molar-refractivity contribution is 5.95. The fourth-order valence-corrected chi connectivity index (χ4v) is 3.60. The molecule has 0 saturated heterocycles. The summed E-state index contributed by atoms with van der Waals surface area (Å²) < 4.78 is 16.9. The van der Waals surface area contributed by atoms with Crippen LogP contribution in [0, 0.1) is 0 Å². The summed E-state index contributed by atoms with van der Waals surface area (Å²) in [6.07, 6.45) is 1.57. The topological polar surface area (TPSA) is 69.2 Å². The molecule has 4 rings (SSSR count). The van der Waals surface area contributed by atoms with Crippen LogP contribution in [0.15, 0.2) is 90.0 Å². The molecule has 4 aromatic rings. The zero-order valence-corrected chi connectivity index (χ0v) is 19.2. The number of carbonyl (C=O) groups is 1. The molecule has 6 nitrogen and oxygen atoms in total. The summed E-state index contributed by atoms with van der Waals surface area (Å²) in [5.41, 5.74) is 4.83. The van der Waals surface area contributed by atoms with Gasteiger partial charge in [-0.2, -0.15) is 5.10 Å². The highest BCUT2D eigenvalue weighted by atomic mass is 16.5. The fraction of sp³-hybridized carbons (Fsp3) is 0.143. The van der Waals surface area contributed by atoms with E-state index in [1.807, 2.05) is 49.4 Å². The lowest BCUT2D eigenvalue weighted by molar-refractivity contribution is 0.0954. The van der Waals surface area contributed by atoms with Crippen molar-refractivity contribution in [3.8, 4) is 17.2 Å². The SMILES string of the molecule is CCOc1cc(C(=O)N/N=C/c2ccccc2OCc2cccc3ccccc23)ccc1OC. The van der Waals surface area contributed by atoms with Gasteiger partial charge in [0.25, 0.3) is 5.91 Å². The van der Waals surface area contributed by atoms with Crippen LogP contribution in [0.3, 0.4) is 0 Å². The number of rotatable bonds is 9. The largest absolute Gasteiger partial charge is 0.493 e. The first-order valence-corrected chi connectivity index (χ1v) is 11.0. The molecule has 0 aliphatic heterocycles. The Balaban J connectivity index is 1.44. The minimum absolute atomic E-state index is 0.353. The number of nitrogens with zero attached hydrogens (tertiary/aromatic N) is 1. The standard InChI is InChI=1S/C28H26N2O4/c1-3-33-27-17-21(15-16-26(27)32-2)28(31)30-29-18-22-10-5-7-14-25(22)34-19-23-12-8-11-20-9-4-6-13-24(20)23/h4-18H,3,19H2,1-2H3,(H,30,31)/b29-18+. The first-order valence-electron chi connectivity index (χ1n) is 11.0. The molecule has 0 fully saturated rings. The van der Waals surface area contributed by atoms with E-state index < -0.39 is 0 Å². The molecule has 0 aliphatic rings. The van der Waals surface area contributed by atoms with Crippen LogP contribution in [-0.2, 0) is 6.61 Å². The molecule has 6 heteroatoms. The van der Waals surface area contributed by atoms with Gasteiger partial charge in [0.2, 0.25) is 0 Å². The van der Waals surface area contributed by atoms with Crippen molar-refractivity contribution in [3.63, 3.8) is 0 Å². The van der Waals surface area contributed by atoms with Crippen molar-refractivity contribution in [3.05, 3.63) is 102 Å². The summed E-state index contributed by atoms with van der Waals surface area (Å²) in [4.78, 5) is 12.6. The van der Waals surface area contributed by atoms with Crippen molar-refractivity contribution < 1.29 is 19.0 Å². The van der Waals surface area contributed by atoms with E-state index in [4.69, 9.17) is 14.2 Å². The molecule has 4 aromatic carbocycles. The maximum atomic E-state index is 12.6. The van der Waals surface area contributed by atoms with Gasteiger partial charge < -0.3 is 14.2 Å². The van der Waals surface area contributed by atoms with Crippen LogP contribution in [0.25, 0.3) is 10.8 Å². The van der Waals surface area contributed by atoms with E-state index >= 15 is 0 Å². The van der Waals surface area contributed by atoms with E-state index in [0.717, 1.165) is 16.5 Å². The van der Waals surface area contributed by atoms with Gasteiger partial charge in [0.05, 0.1) is 19.9 Å². The zero-order chi connectivity index (χ0) is 23.8. The summed E-state index contributed by atoms with van der Waals surface area (Å²) >= 11 is 0. The minimum atomic E-state index is -0.353. The molecule has 0 aliphatic carbocycles. The third-order valence-corrected chi connectivity index (χ3v) is 5.28. The van der Waals surface area contributed by atoms with Crippen LogP contribution in [0.4, 0.5) is 0 Å². The summed E-state index contributed by atoms with van der Waals surface area (Å²) in [7, 11) is 1.56. The van der Waals surface area contributed by atoms with Crippen LogP contribution in [0.5, 0.6) is 17.2 Å². The van der Waals surface area contributed by atoms with Crippen molar-refractivity contribution in [1.82, 2.24) is 5.43 Å². The van der Waals surface area contributed by atoms with Gasteiger partial charge in [-0.25, -0.2) is 5.43 Å². The highest BCUT2D eigenvalue weighted by Crippen LogP contribution is 2.28. The Morgan fingerprint density at radius 1 is 0.882 bits per heavy atom. The van der Waals surface area contributed by atoms with Gasteiger partial charge in [0.15, 0.2) is 11.5 Å². The molecular weight excluding hydrogens is 428 g/mol. The van der Waals surface area contributed by atoms with Crippen LogP contribution in [0.1, 0.15) is 28.4 Å². The number of hydrogen-bond donors (Lipinski definition) is 1. The maximum absolute atomic E-state index is 12.6. The lowest BCUT2D eigenvalue weighted by Crippen LogP contribution is -2.17. The number of hydrazone groups is 1. The van der Waals surface area contributed by atoms with E-state index in [9.17, 15) is 4.79 Å². The van der Waals surface area contributed by atoms with E-state index in [1.54, 1.807) is 31.5 Å². The van der Waals surface area contributed by atoms with Crippen LogP contribution >= 0.6 is 0 Å². The molecule has 0 heterocycles. The van der Waals surface area contributed by atoms with Gasteiger partial charge in [-0.3, -0.25) is 4.79 Å². The number of benzene rings is 4. The Morgan fingerprint density at radius 2 is 1.68 bits per heavy atom. The summed E-state index contributed by atoms with van der Waals surface area (Å²) in [5, 5.41) is 6.46. The second kappa shape index (κ2) is 11.0. The third kappa shape index (κ3) is 5.35. The lowest BCUT2D eigenvalue weighted by atomic mass is 10.1. The Kier molecular flexibility index (Phi) is 7.40. The van der Waals surface area contributed by atoms with Crippen molar-refractivity contribution in [1.29, 1.82) is 0 Å². The van der Waals surface area contributed by atoms with Gasteiger partial charge in [-0.15, -0.1) is 0 Å². The number of fused-ring (bicyclic) bond motifs is 1. The quantitative estimate of drug-likeness (QED) is 0.264. The molecule has 0 radical (unpaired) electrons. The predicted molar refractivity (Wildman–Crippen MR) is 134 cm³/mol. The Labute approximate surface area is 198 Å². The van der Waals surface area contributed by atoms with Gasteiger partial charge in [0, 0.05) is 11.1 Å². The van der Waals surface area contributed by atoms with Gasteiger partial charge in [-0.1, -0.05) is 54.6 Å². The molecule has 172 valence electrons. The minimum Gasteiger partial charge on any atom is -0.493 e. The molecule has 34 heavy (non-hydrogen) atoms. The third-order valence-electron chi connectivity index (χ3n) is 5.28. The predicted octanol–water partition coefficient (Wildman–Crippen LogP) is 5.59. The smallest absolute Gasteiger partial charge is 0.271 e. The average molecular weight is 455 g/mol. The highest BCUT2D eigenvalue weighted by Gasteiger charge is 2.11. The van der Waals surface area contributed by atoms with Crippen molar-refractivity contribution in [2.24, 2.45) is 5.10 Å². The molecule has 1 amide bonds. The molecule has 0 bridgehead atoms. The Hall–Kier alpha value is -4.32. The fourth-order valence-electron chi connectivity index (χ4n) is 3.60. The number of hydrogen-bond acceptors (Lipinski definition) is 5. The van der Waals surface area contributed by atoms with Crippen molar-refractivity contribution in [2.45, 2.75) is 13.5 Å². The van der Waals surface area contributed by atoms with Crippen LogP contribution in [0.2, 0.25) is 0 Å². The second-order valence-electron chi connectivity index (χ2n) is 7.46. The number of nitrogens with one attached hydrogen (secondary N) is 1. The monoisotopic (exact) mass is 454 g/mol. The molecule has 0 atom stereocenters. The molecule has 0 saturated carbocycles. The normalized spacial score (nSPS) is 10.9. The number of methoxy groups -OCH3 is 1. The van der Waals surface area contributed by atoms with Gasteiger partial charge in [-0.05, 0) is 53.6 Å². The number of amides is 1. The summed E-state index contributed by atoms with van der Waals surface area (Å²) in [5.74, 6) is 1.40. The zero-order valence-electron chi connectivity index (χ0n) is 19.2. The maximum Gasteiger partial charge on any atom is 0.271 e. The number of ether oxygens (including phenoxy) is 3. The molecule has 1 N–H and O–H groups in total. The lowest BCUT2D eigenvalue weighted by Gasteiger charge is -2.11. The molecule has 0 spiro atoms. The number of para-hydroxylation sites is 1.